The quantitative estimate of drug-likeness (QED) is 0.387. The Labute approximate surface area is 158 Å². The van der Waals surface area contributed by atoms with E-state index in [0.717, 1.165) is 17.8 Å². The molecule has 0 atom stereocenters. The van der Waals surface area contributed by atoms with Crippen molar-refractivity contribution >= 4 is 23.5 Å². The van der Waals surface area contributed by atoms with E-state index >= 15 is 0 Å². The molecule has 136 valence electrons. The lowest BCUT2D eigenvalue weighted by Crippen LogP contribution is -2.05. The van der Waals surface area contributed by atoms with E-state index in [1.807, 2.05) is 0 Å². The minimum atomic E-state index is -4.41. The smallest absolute Gasteiger partial charge is 0.289 e. The standard InChI is InChI=1S/C21H13ClF3NO/c22-18-4-2-1-3-17(18)20(27)12-7-14-5-8-15(9-6-14)19-11-10-16(13-26-19)21(23,24)25/h1-13H. The zero-order valence-corrected chi connectivity index (χ0v) is 14.6. The van der Waals surface area contributed by atoms with Gasteiger partial charge in [0.2, 0.25) is 0 Å². The Morgan fingerprint density at radius 3 is 2.26 bits per heavy atom. The van der Waals surface area contributed by atoms with Crippen LogP contribution in [0.2, 0.25) is 5.02 Å². The number of carbonyl (C=O) groups is 1. The van der Waals surface area contributed by atoms with Crippen LogP contribution < -0.4 is 0 Å². The number of hydrogen-bond donors (Lipinski definition) is 0. The zero-order valence-electron chi connectivity index (χ0n) is 13.9. The average molecular weight is 388 g/mol. The normalized spacial score (nSPS) is 11.7. The fraction of sp³-hybridized carbons (Fsp3) is 0.0476. The van der Waals surface area contributed by atoms with E-state index in [1.165, 1.54) is 12.1 Å². The number of nitrogens with zero attached hydrogens (tertiary/aromatic N) is 1. The first-order valence-electron chi connectivity index (χ1n) is 7.95. The third-order valence-corrected chi connectivity index (χ3v) is 4.19. The van der Waals surface area contributed by atoms with Crippen molar-refractivity contribution in [1.29, 1.82) is 0 Å². The van der Waals surface area contributed by atoms with Crippen LogP contribution in [0.25, 0.3) is 17.3 Å². The van der Waals surface area contributed by atoms with Gasteiger partial charge in [-0.2, -0.15) is 13.2 Å². The maximum Gasteiger partial charge on any atom is 0.417 e. The topological polar surface area (TPSA) is 30.0 Å². The van der Waals surface area contributed by atoms with Gasteiger partial charge >= 0.3 is 6.18 Å². The fourth-order valence-electron chi connectivity index (χ4n) is 2.42. The van der Waals surface area contributed by atoms with E-state index in [0.29, 0.717) is 21.8 Å². The molecule has 3 aromatic rings. The Bertz CT molecular complexity index is 978. The average Bonchev–Trinajstić information content (AvgIpc) is 2.66. The van der Waals surface area contributed by atoms with Crippen LogP contribution in [-0.2, 0) is 6.18 Å². The Kier molecular flexibility index (Phi) is 5.42. The summed E-state index contributed by atoms with van der Waals surface area (Å²) in [5.41, 5.74) is 1.51. The molecule has 0 amide bonds. The molecule has 0 spiro atoms. The minimum Gasteiger partial charge on any atom is -0.289 e. The van der Waals surface area contributed by atoms with Gasteiger partial charge in [-0.25, -0.2) is 0 Å². The molecule has 0 radical (unpaired) electrons. The van der Waals surface area contributed by atoms with Gasteiger partial charge in [-0.05, 0) is 35.9 Å². The largest absolute Gasteiger partial charge is 0.417 e. The first kappa shape index (κ1) is 18.9. The van der Waals surface area contributed by atoms with Crippen molar-refractivity contribution < 1.29 is 18.0 Å². The number of ketones is 1. The summed E-state index contributed by atoms with van der Waals surface area (Å²) in [6, 6.07) is 16.1. The number of aromatic nitrogens is 1. The van der Waals surface area contributed by atoms with Crippen LogP contribution in [0.4, 0.5) is 13.2 Å². The van der Waals surface area contributed by atoms with Crippen molar-refractivity contribution in [3.63, 3.8) is 0 Å². The number of halogens is 4. The predicted octanol–water partition coefficient (Wildman–Crippen LogP) is 6.32. The molecule has 1 heterocycles. The third-order valence-electron chi connectivity index (χ3n) is 3.86. The lowest BCUT2D eigenvalue weighted by molar-refractivity contribution is -0.137. The van der Waals surface area contributed by atoms with Gasteiger partial charge in [-0.3, -0.25) is 9.78 Å². The molecule has 2 nitrogen and oxygen atoms in total. The maximum absolute atomic E-state index is 12.6. The van der Waals surface area contributed by atoms with Crippen LogP contribution in [-0.4, -0.2) is 10.8 Å². The summed E-state index contributed by atoms with van der Waals surface area (Å²) in [5, 5.41) is 0.385. The van der Waals surface area contributed by atoms with Crippen molar-refractivity contribution in [2.45, 2.75) is 6.18 Å². The van der Waals surface area contributed by atoms with Crippen molar-refractivity contribution in [3.8, 4) is 11.3 Å². The van der Waals surface area contributed by atoms with Gasteiger partial charge in [-0.15, -0.1) is 0 Å². The van der Waals surface area contributed by atoms with Crippen molar-refractivity contribution in [3.05, 3.63) is 94.6 Å². The van der Waals surface area contributed by atoms with Crippen LogP contribution >= 0.6 is 11.6 Å². The van der Waals surface area contributed by atoms with Gasteiger partial charge in [0.05, 0.1) is 16.3 Å². The second-order valence-corrected chi connectivity index (χ2v) is 6.14. The monoisotopic (exact) mass is 387 g/mol. The molecule has 0 saturated carbocycles. The fourth-order valence-corrected chi connectivity index (χ4v) is 2.65. The highest BCUT2D eigenvalue weighted by Crippen LogP contribution is 2.29. The molecule has 3 rings (SSSR count). The van der Waals surface area contributed by atoms with Crippen LogP contribution in [0, 0.1) is 0 Å². The third kappa shape index (κ3) is 4.63. The van der Waals surface area contributed by atoms with Crippen LogP contribution in [0.5, 0.6) is 0 Å². The van der Waals surface area contributed by atoms with E-state index < -0.39 is 11.7 Å². The van der Waals surface area contributed by atoms with Gasteiger partial charge < -0.3 is 0 Å². The molecule has 0 aliphatic heterocycles. The predicted molar refractivity (Wildman–Crippen MR) is 99.5 cm³/mol. The first-order valence-corrected chi connectivity index (χ1v) is 8.33. The molecular formula is C21H13ClF3NO. The molecule has 0 aliphatic carbocycles. The molecule has 0 aliphatic rings. The number of hydrogen-bond acceptors (Lipinski definition) is 2. The van der Waals surface area contributed by atoms with Crippen LogP contribution in [0.3, 0.4) is 0 Å². The Balaban J connectivity index is 1.74. The number of alkyl halides is 3. The van der Waals surface area contributed by atoms with Gasteiger partial charge in [-0.1, -0.05) is 54.1 Å². The second kappa shape index (κ2) is 7.76. The summed E-state index contributed by atoms with van der Waals surface area (Å²) in [4.78, 5) is 16.0. The van der Waals surface area contributed by atoms with Gasteiger partial charge in [0.1, 0.15) is 0 Å². The molecule has 0 N–H and O–H groups in total. The van der Waals surface area contributed by atoms with E-state index in [2.05, 4.69) is 4.98 Å². The Morgan fingerprint density at radius 2 is 1.67 bits per heavy atom. The lowest BCUT2D eigenvalue weighted by Gasteiger charge is -2.07. The molecule has 0 saturated heterocycles. The maximum atomic E-state index is 12.6. The molecule has 6 heteroatoms. The van der Waals surface area contributed by atoms with E-state index in [-0.39, 0.29) is 5.78 Å². The zero-order chi connectivity index (χ0) is 19.4. The molecule has 1 aromatic heterocycles. The molecule has 0 unspecified atom stereocenters. The minimum absolute atomic E-state index is 0.214. The van der Waals surface area contributed by atoms with Crippen LogP contribution in [0.15, 0.2) is 72.9 Å². The number of carbonyl (C=O) groups excluding carboxylic acids is 1. The van der Waals surface area contributed by atoms with E-state index in [1.54, 1.807) is 54.6 Å². The summed E-state index contributed by atoms with van der Waals surface area (Å²) in [6.45, 7) is 0. The van der Waals surface area contributed by atoms with Crippen molar-refractivity contribution in [2.75, 3.05) is 0 Å². The van der Waals surface area contributed by atoms with Crippen molar-refractivity contribution in [1.82, 2.24) is 4.98 Å². The summed E-state index contributed by atoms with van der Waals surface area (Å²) >= 11 is 6.00. The second-order valence-electron chi connectivity index (χ2n) is 5.73. The highest BCUT2D eigenvalue weighted by atomic mass is 35.5. The van der Waals surface area contributed by atoms with Crippen molar-refractivity contribution in [2.24, 2.45) is 0 Å². The SMILES string of the molecule is O=C(C=Cc1ccc(-c2ccc(C(F)(F)F)cn2)cc1)c1ccccc1Cl. The highest BCUT2D eigenvalue weighted by Gasteiger charge is 2.30. The number of pyridine rings is 1. The lowest BCUT2D eigenvalue weighted by atomic mass is 10.1. The first-order chi connectivity index (χ1) is 12.8. The summed E-state index contributed by atoms with van der Waals surface area (Å²) in [5.74, 6) is -0.214. The van der Waals surface area contributed by atoms with E-state index in [4.69, 9.17) is 11.6 Å². The Morgan fingerprint density at radius 1 is 0.963 bits per heavy atom. The molecule has 2 aromatic carbocycles. The number of allylic oxidation sites excluding steroid dienone is 1. The Hall–Kier alpha value is -2.92. The molecular weight excluding hydrogens is 375 g/mol. The summed E-state index contributed by atoms with van der Waals surface area (Å²) < 4.78 is 37.8. The van der Waals surface area contributed by atoms with Crippen LogP contribution in [0.1, 0.15) is 21.5 Å². The van der Waals surface area contributed by atoms with Gasteiger partial charge in [0, 0.05) is 17.3 Å². The van der Waals surface area contributed by atoms with E-state index in [9.17, 15) is 18.0 Å². The van der Waals surface area contributed by atoms with Gasteiger partial charge in [0.25, 0.3) is 0 Å². The number of benzene rings is 2. The molecule has 0 fully saturated rings. The summed E-state index contributed by atoms with van der Waals surface area (Å²) in [7, 11) is 0. The summed E-state index contributed by atoms with van der Waals surface area (Å²) in [6.07, 6.45) is -0.526. The van der Waals surface area contributed by atoms with Gasteiger partial charge in [0.15, 0.2) is 5.78 Å². The highest BCUT2D eigenvalue weighted by molar-refractivity contribution is 6.34. The molecule has 0 bridgehead atoms. The molecule has 27 heavy (non-hydrogen) atoms. The number of rotatable bonds is 4.